The van der Waals surface area contributed by atoms with Crippen LogP contribution in [0.3, 0.4) is 0 Å². The van der Waals surface area contributed by atoms with Crippen molar-refractivity contribution in [3.05, 3.63) is 158 Å². The van der Waals surface area contributed by atoms with Gasteiger partial charge in [0, 0.05) is 33.0 Å². The van der Waals surface area contributed by atoms with Crippen LogP contribution >= 0.6 is 0 Å². The first-order valence-electron chi connectivity index (χ1n) is 16.3. The third kappa shape index (κ3) is 4.55. The van der Waals surface area contributed by atoms with Gasteiger partial charge in [-0.2, -0.15) is 0 Å². The Labute approximate surface area is 281 Å². The number of pyridine rings is 1. The van der Waals surface area contributed by atoms with Crippen LogP contribution in [-0.2, 0) is 0 Å². The number of fused-ring (bicyclic) bond motifs is 7. The molecule has 0 saturated carbocycles. The van der Waals surface area contributed by atoms with Crippen molar-refractivity contribution in [2.24, 2.45) is 0 Å². The standard InChI is InChI=1S/C44H26N4O/c1-2-12-28(13-3-1)41-46-42(31-22-21-27-11-4-5-14-29(27)25-31)48-43(47-41)35-19-10-20-39-40(35)36-23-24-38(45-44(36)49-39)37-26-30-15-6-7-16-32(30)33-17-8-9-18-34(33)37/h1-26H. The molecular weight excluding hydrogens is 601 g/mol. The highest BCUT2D eigenvalue weighted by molar-refractivity contribution is 6.15. The van der Waals surface area contributed by atoms with E-state index in [-0.39, 0.29) is 0 Å². The summed E-state index contributed by atoms with van der Waals surface area (Å²) in [6.07, 6.45) is 0. The lowest BCUT2D eigenvalue weighted by molar-refractivity contribution is 0.654. The van der Waals surface area contributed by atoms with Gasteiger partial charge in [0.2, 0.25) is 5.71 Å². The van der Waals surface area contributed by atoms with Gasteiger partial charge in [-0.15, -0.1) is 0 Å². The lowest BCUT2D eigenvalue weighted by atomic mass is 9.95. The summed E-state index contributed by atoms with van der Waals surface area (Å²) in [5, 5.41) is 8.90. The summed E-state index contributed by atoms with van der Waals surface area (Å²) in [5.41, 5.74) is 5.95. The molecule has 228 valence electrons. The molecule has 49 heavy (non-hydrogen) atoms. The van der Waals surface area contributed by atoms with Crippen LogP contribution in [0.5, 0.6) is 0 Å². The van der Waals surface area contributed by atoms with E-state index in [9.17, 15) is 0 Å². The average molecular weight is 627 g/mol. The minimum atomic E-state index is 0.573. The number of aromatic nitrogens is 4. The summed E-state index contributed by atoms with van der Waals surface area (Å²) >= 11 is 0. The molecule has 0 aliphatic heterocycles. The normalized spacial score (nSPS) is 11.7. The molecule has 7 aromatic carbocycles. The minimum Gasteiger partial charge on any atom is -0.438 e. The summed E-state index contributed by atoms with van der Waals surface area (Å²) in [4.78, 5) is 20.2. The summed E-state index contributed by atoms with van der Waals surface area (Å²) < 4.78 is 6.47. The molecule has 0 fully saturated rings. The smallest absolute Gasteiger partial charge is 0.227 e. The van der Waals surface area contributed by atoms with Gasteiger partial charge < -0.3 is 4.42 Å². The van der Waals surface area contributed by atoms with E-state index >= 15 is 0 Å². The van der Waals surface area contributed by atoms with E-state index in [1.54, 1.807) is 0 Å². The fourth-order valence-corrected chi connectivity index (χ4v) is 6.98. The van der Waals surface area contributed by atoms with Crippen molar-refractivity contribution in [1.82, 2.24) is 19.9 Å². The van der Waals surface area contributed by atoms with Gasteiger partial charge in [-0.25, -0.2) is 19.9 Å². The molecule has 0 unspecified atom stereocenters. The van der Waals surface area contributed by atoms with Crippen molar-refractivity contribution >= 4 is 54.4 Å². The highest BCUT2D eigenvalue weighted by Crippen LogP contribution is 2.39. The third-order valence-electron chi connectivity index (χ3n) is 9.32. The third-order valence-corrected chi connectivity index (χ3v) is 9.32. The van der Waals surface area contributed by atoms with Crippen LogP contribution in [0.15, 0.2) is 162 Å². The van der Waals surface area contributed by atoms with E-state index in [2.05, 4.69) is 103 Å². The zero-order chi connectivity index (χ0) is 32.3. The van der Waals surface area contributed by atoms with Gasteiger partial charge in [0.25, 0.3) is 0 Å². The number of benzene rings is 7. The molecule has 0 amide bonds. The number of hydrogen-bond donors (Lipinski definition) is 0. The first-order valence-corrected chi connectivity index (χ1v) is 16.3. The first-order chi connectivity index (χ1) is 24.3. The molecule has 5 heteroatoms. The number of nitrogens with zero attached hydrogens (tertiary/aromatic N) is 4. The zero-order valence-electron chi connectivity index (χ0n) is 26.2. The Bertz CT molecular complexity index is 2890. The molecule has 0 spiro atoms. The maximum atomic E-state index is 6.47. The molecule has 0 radical (unpaired) electrons. The van der Waals surface area contributed by atoms with Crippen LogP contribution in [0.2, 0.25) is 0 Å². The second-order valence-corrected chi connectivity index (χ2v) is 12.3. The van der Waals surface area contributed by atoms with E-state index in [4.69, 9.17) is 24.4 Å². The fourth-order valence-electron chi connectivity index (χ4n) is 6.98. The molecule has 5 nitrogen and oxygen atoms in total. The average Bonchev–Trinajstić information content (AvgIpc) is 3.56. The van der Waals surface area contributed by atoms with E-state index in [1.807, 2.05) is 54.6 Å². The van der Waals surface area contributed by atoms with Crippen LogP contribution in [0.1, 0.15) is 0 Å². The van der Waals surface area contributed by atoms with Gasteiger partial charge in [-0.3, -0.25) is 0 Å². The fraction of sp³-hybridized carbons (Fsp3) is 0. The second-order valence-electron chi connectivity index (χ2n) is 12.3. The minimum absolute atomic E-state index is 0.573. The van der Waals surface area contributed by atoms with Crippen LogP contribution in [0, 0.1) is 0 Å². The number of hydrogen-bond acceptors (Lipinski definition) is 5. The maximum absolute atomic E-state index is 6.47. The largest absolute Gasteiger partial charge is 0.438 e. The van der Waals surface area contributed by atoms with Crippen molar-refractivity contribution < 1.29 is 4.42 Å². The van der Waals surface area contributed by atoms with E-state index in [1.165, 1.54) is 21.5 Å². The van der Waals surface area contributed by atoms with E-state index in [0.29, 0.717) is 23.2 Å². The highest BCUT2D eigenvalue weighted by Gasteiger charge is 2.19. The van der Waals surface area contributed by atoms with E-state index in [0.717, 1.165) is 55.1 Å². The molecule has 10 aromatic rings. The maximum Gasteiger partial charge on any atom is 0.227 e. The summed E-state index contributed by atoms with van der Waals surface area (Å²) in [5.74, 6) is 1.81. The molecule has 0 N–H and O–H groups in total. The predicted molar refractivity (Wildman–Crippen MR) is 199 cm³/mol. The van der Waals surface area contributed by atoms with Gasteiger partial charge in [-0.1, -0.05) is 127 Å². The molecule has 0 aliphatic carbocycles. The first kappa shape index (κ1) is 27.4. The van der Waals surface area contributed by atoms with Gasteiger partial charge in [0.05, 0.1) is 5.69 Å². The lowest BCUT2D eigenvalue weighted by Crippen LogP contribution is -2.00. The number of rotatable bonds is 4. The van der Waals surface area contributed by atoms with Crippen LogP contribution in [-0.4, -0.2) is 19.9 Å². The number of furan rings is 1. The van der Waals surface area contributed by atoms with Gasteiger partial charge in [-0.05, 0) is 62.6 Å². The van der Waals surface area contributed by atoms with Crippen molar-refractivity contribution in [1.29, 1.82) is 0 Å². The van der Waals surface area contributed by atoms with E-state index < -0.39 is 0 Å². The Morgan fingerprint density at radius 1 is 0.367 bits per heavy atom. The Morgan fingerprint density at radius 2 is 1.06 bits per heavy atom. The van der Waals surface area contributed by atoms with Crippen LogP contribution < -0.4 is 0 Å². The molecule has 0 atom stereocenters. The Kier molecular flexibility index (Phi) is 6.11. The predicted octanol–water partition coefficient (Wildman–Crippen LogP) is 11.3. The summed E-state index contributed by atoms with van der Waals surface area (Å²) in [6, 6.07) is 54.2. The Hall–Kier alpha value is -6.72. The van der Waals surface area contributed by atoms with Crippen molar-refractivity contribution in [2.75, 3.05) is 0 Å². The SMILES string of the molecule is c1ccc(-c2nc(-c3ccc4ccccc4c3)nc(-c3cccc4oc5nc(-c6cc7ccccc7c7ccccc67)ccc5c34)n2)cc1. The van der Waals surface area contributed by atoms with Gasteiger partial charge in [0.1, 0.15) is 5.58 Å². The Balaban J connectivity index is 1.17. The second kappa shape index (κ2) is 10.9. The summed E-state index contributed by atoms with van der Waals surface area (Å²) in [7, 11) is 0. The van der Waals surface area contributed by atoms with Crippen LogP contribution in [0.4, 0.5) is 0 Å². The van der Waals surface area contributed by atoms with Crippen molar-refractivity contribution in [3.8, 4) is 45.4 Å². The highest BCUT2D eigenvalue weighted by atomic mass is 16.3. The molecular formula is C44H26N4O. The van der Waals surface area contributed by atoms with Gasteiger partial charge in [0.15, 0.2) is 17.5 Å². The molecule has 3 heterocycles. The Morgan fingerprint density at radius 3 is 1.92 bits per heavy atom. The van der Waals surface area contributed by atoms with Gasteiger partial charge >= 0.3 is 0 Å². The zero-order valence-corrected chi connectivity index (χ0v) is 26.2. The summed E-state index contributed by atoms with van der Waals surface area (Å²) in [6.45, 7) is 0. The molecule has 0 bridgehead atoms. The molecule has 0 aliphatic rings. The molecule has 0 saturated heterocycles. The lowest BCUT2D eigenvalue weighted by Gasteiger charge is -2.10. The van der Waals surface area contributed by atoms with Crippen molar-refractivity contribution in [2.45, 2.75) is 0 Å². The van der Waals surface area contributed by atoms with Crippen LogP contribution in [0.25, 0.3) is 99.8 Å². The topological polar surface area (TPSA) is 64.7 Å². The quantitative estimate of drug-likeness (QED) is 0.182. The molecule has 3 aromatic heterocycles. The monoisotopic (exact) mass is 626 g/mol. The van der Waals surface area contributed by atoms with Crippen molar-refractivity contribution in [3.63, 3.8) is 0 Å². The molecule has 10 rings (SSSR count).